The van der Waals surface area contributed by atoms with E-state index in [0.717, 1.165) is 5.56 Å². The second-order valence-electron chi connectivity index (χ2n) is 14.0. The molecule has 2 N–H and O–H groups in total. The highest BCUT2D eigenvalue weighted by Gasteiger charge is 2.67. The standard InChI is InChI=1S/C38H45FN4O7Si/c1-25-35(51(3,4)39)32(23-33(45)41(20-21-44)24-26-12-6-5-7-13-26)50-38(25)29-22-27(43-36(47)28-14-8-9-15-30(28)40-43)17-18-31(29)42(37(38)48)19-11-10-16-34(46)49-2/h5-9,12-15,17-18,22,25,32,35,40,44H,10-11,16,19-21,23-24H2,1-4H3/t25-,32+,35-,38+/m1/s1. The van der Waals surface area contributed by atoms with E-state index in [1.54, 1.807) is 48.3 Å². The number of ether oxygens (including phenoxy) is 2. The second kappa shape index (κ2) is 14.6. The van der Waals surface area contributed by atoms with Gasteiger partial charge in [-0.3, -0.25) is 24.3 Å². The first kappa shape index (κ1) is 36.2. The van der Waals surface area contributed by atoms with Gasteiger partial charge in [-0.15, -0.1) is 0 Å². The van der Waals surface area contributed by atoms with Crippen molar-refractivity contribution in [1.29, 1.82) is 0 Å². The van der Waals surface area contributed by atoms with Gasteiger partial charge in [0, 0.05) is 43.1 Å². The molecule has 270 valence electrons. The smallest absolute Gasteiger partial charge is 0.305 e. The largest absolute Gasteiger partial charge is 0.469 e. The third kappa shape index (κ3) is 6.77. The minimum absolute atomic E-state index is 0.0893. The number of methoxy groups -OCH3 is 1. The highest BCUT2D eigenvalue weighted by atomic mass is 28.4. The van der Waals surface area contributed by atoms with Crippen molar-refractivity contribution in [3.8, 4) is 5.69 Å². The summed E-state index contributed by atoms with van der Waals surface area (Å²) in [5, 5.41) is 13.5. The van der Waals surface area contributed by atoms with E-state index in [9.17, 15) is 24.3 Å². The zero-order chi connectivity index (χ0) is 36.5. The zero-order valence-electron chi connectivity index (χ0n) is 29.4. The number of H-pyrrole nitrogens is 1. The molecule has 0 radical (unpaired) electrons. The van der Waals surface area contributed by atoms with E-state index in [0.29, 0.717) is 40.7 Å². The summed E-state index contributed by atoms with van der Waals surface area (Å²) < 4.78 is 29.6. The minimum atomic E-state index is -3.60. The Labute approximate surface area is 297 Å². The topological polar surface area (TPSA) is 134 Å². The summed E-state index contributed by atoms with van der Waals surface area (Å²) in [6.07, 6.45) is 0.0915. The lowest BCUT2D eigenvalue weighted by molar-refractivity contribution is -0.149. The first-order chi connectivity index (χ1) is 24.4. The molecule has 2 amide bonds. The number of unbranched alkanes of at least 4 members (excludes halogenated alkanes) is 1. The van der Waals surface area contributed by atoms with Crippen LogP contribution in [0.15, 0.2) is 77.6 Å². The van der Waals surface area contributed by atoms with E-state index in [1.165, 1.54) is 16.7 Å². The van der Waals surface area contributed by atoms with Crippen LogP contribution in [0.3, 0.4) is 0 Å². The van der Waals surface area contributed by atoms with Gasteiger partial charge in [0.15, 0.2) is 5.60 Å². The lowest BCUT2D eigenvalue weighted by Gasteiger charge is -2.31. The van der Waals surface area contributed by atoms with Crippen molar-refractivity contribution in [2.45, 2.75) is 69.5 Å². The Morgan fingerprint density at radius 2 is 1.78 bits per heavy atom. The number of benzene rings is 3. The summed E-state index contributed by atoms with van der Waals surface area (Å²) in [4.78, 5) is 57.2. The number of hydrogen-bond acceptors (Lipinski definition) is 7. The van der Waals surface area contributed by atoms with Crippen LogP contribution in [0.2, 0.25) is 18.6 Å². The number of halogens is 1. The number of rotatable bonds is 13. The molecule has 3 aromatic carbocycles. The fourth-order valence-corrected chi connectivity index (χ4v) is 10.5. The number of carbonyl (C=O) groups excluding carboxylic acids is 3. The van der Waals surface area contributed by atoms with Gasteiger partial charge in [-0.1, -0.05) is 49.4 Å². The van der Waals surface area contributed by atoms with Gasteiger partial charge >= 0.3 is 5.97 Å². The van der Waals surface area contributed by atoms with Crippen LogP contribution in [0.1, 0.15) is 43.7 Å². The Balaban J connectivity index is 1.40. The number of aliphatic hydroxyl groups is 1. The maximum atomic E-state index is 16.5. The molecule has 13 heteroatoms. The summed E-state index contributed by atoms with van der Waals surface area (Å²) in [5.74, 6) is -1.68. The Hall–Kier alpha value is -4.59. The quantitative estimate of drug-likeness (QED) is 0.0842. The first-order valence-electron chi connectivity index (χ1n) is 17.4. The average Bonchev–Trinajstić information content (AvgIpc) is 3.69. The third-order valence-corrected chi connectivity index (χ3v) is 12.8. The number of carbonyl (C=O) groups is 3. The Morgan fingerprint density at radius 3 is 2.47 bits per heavy atom. The molecule has 2 aliphatic heterocycles. The van der Waals surface area contributed by atoms with Crippen LogP contribution in [0.4, 0.5) is 9.80 Å². The van der Waals surface area contributed by atoms with Gasteiger partial charge in [0.1, 0.15) is 0 Å². The van der Waals surface area contributed by atoms with Crippen molar-refractivity contribution in [3.63, 3.8) is 0 Å². The van der Waals surface area contributed by atoms with Gasteiger partial charge in [0.2, 0.25) is 14.3 Å². The molecule has 3 heterocycles. The van der Waals surface area contributed by atoms with Crippen LogP contribution < -0.4 is 10.5 Å². The van der Waals surface area contributed by atoms with Crippen LogP contribution in [-0.4, -0.2) is 78.9 Å². The number of nitrogens with zero attached hydrogens (tertiary/aromatic N) is 3. The van der Waals surface area contributed by atoms with Gasteiger partial charge < -0.3 is 28.5 Å². The van der Waals surface area contributed by atoms with Crippen molar-refractivity contribution >= 4 is 42.8 Å². The van der Waals surface area contributed by atoms with Crippen molar-refractivity contribution in [3.05, 3.63) is 94.3 Å². The summed E-state index contributed by atoms with van der Waals surface area (Å²) in [7, 11) is -2.26. The number of aliphatic hydroxyl groups excluding tert-OH is 1. The van der Waals surface area contributed by atoms with E-state index in [-0.39, 0.29) is 62.4 Å². The summed E-state index contributed by atoms with van der Waals surface area (Å²) in [6, 6.07) is 21.9. The molecular formula is C38H45FN4O7Si. The van der Waals surface area contributed by atoms with Crippen molar-refractivity contribution in [2.24, 2.45) is 5.92 Å². The van der Waals surface area contributed by atoms with Crippen LogP contribution >= 0.6 is 0 Å². The third-order valence-electron chi connectivity index (χ3n) is 10.4. The normalized spacial score (nSPS) is 21.4. The van der Waals surface area contributed by atoms with E-state index >= 15 is 4.11 Å². The molecule has 0 saturated carbocycles. The number of anilines is 1. The molecule has 1 spiro atoms. The molecule has 11 nitrogen and oxygen atoms in total. The monoisotopic (exact) mass is 716 g/mol. The summed E-state index contributed by atoms with van der Waals surface area (Å²) in [6.45, 7) is 5.36. The fraction of sp³-hybridized carbons (Fsp3) is 0.421. The molecule has 1 aromatic heterocycles. The van der Waals surface area contributed by atoms with Crippen LogP contribution in [0, 0.1) is 5.92 Å². The zero-order valence-corrected chi connectivity index (χ0v) is 30.4. The molecule has 1 saturated heterocycles. The second-order valence-corrected chi connectivity index (χ2v) is 17.8. The maximum Gasteiger partial charge on any atom is 0.305 e. The van der Waals surface area contributed by atoms with E-state index in [4.69, 9.17) is 9.47 Å². The molecule has 2 aliphatic rings. The summed E-state index contributed by atoms with van der Waals surface area (Å²) >= 11 is 0. The van der Waals surface area contributed by atoms with Gasteiger partial charge in [-0.25, -0.2) is 4.68 Å². The molecule has 0 bridgehead atoms. The van der Waals surface area contributed by atoms with Gasteiger partial charge in [-0.2, -0.15) is 0 Å². The molecule has 0 aliphatic carbocycles. The molecule has 0 unspecified atom stereocenters. The first-order valence-corrected chi connectivity index (χ1v) is 20.4. The van der Waals surface area contributed by atoms with Gasteiger partial charge in [-0.05, 0) is 61.8 Å². The molecule has 6 rings (SSSR count). The average molecular weight is 717 g/mol. The Morgan fingerprint density at radius 1 is 1.06 bits per heavy atom. The predicted molar refractivity (Wildman–Crippen MR) is 194 cm³/mol. The van der Waals surface area contributed by atoms with Crippen LogP contribution in [-0.2, 0) is 36.0 Å². The highest BCUT2D eigenvalue weighted by molar-refractivity contribution is 6.72. The molecule has 4 atom stereocenters. The molecular weight excluding hydrogens is 672 g/mol. The van der Waals surface area contributed by atoms with E-state index in [1.807, 2.05) is 49.4 Å². The Bertz CT molecular complexity index is 1980. The van der Waals surface area contributed by atoms with Crippen LogP contribution in [0.5, 0.6) is 0 Å². The number of para-hydroxylation sites is 1. The number of nitrogens with one attached hydrogen (secondary N) is 1. The van der Waals surface area contributed by atoms with Crippen molar-refractivity contribution in [1.82, 2.24) is 14.7 Å². The number of aromatic nitrogens is 2. The number of amides is 2. The fourth-order valence-electron chi connectivity index (χ4n) is 8.00. The maximum absolute atomic E-state index is 16.5. The number of fused-ring (bicyclic) bond motifs is 3. The molecule has 1 fully saturated rings. The van der Waals surface area contributed by atoms with Crippen LogP contribution in [0.25, 0.3) is 16.6 Å². The van der Waals surface area contributed by atoms with Crippen molar-refractivity contribution in [2.75, 3.05) is 31.7 Å². The number of aromatic amines is 1. The van der Waals surface area contributed by atoms with Gasteiger partial charge in [0.05, 0.1) is 48.5 Å². The number of esters is 1. The van der Waals surface area contributed by atoms with E-state index in [2.05, 4.69) is 5.10 Å². The molecule has 4 aromatic rings. The van der Waals surface area contributed by atoms with Crippen molar-refractivity contribution < 1.29 is 33.1 Å². The summed E-state index contributed by atoms with van der Waals surface area (Å²) in [5.41, 5.74) is 0.480. The minimum Gasteiger partial charge on any atom is -0.469 e. The lowest BCUT2D eigenvalue weighted by atomic mass is 9.82. The van der Waals surface area contributed by atoms with Gasteiger partial charge in [0.25, 0.3) is 11.5 Å². The SMILES string of the molecule is COC(=O)CCCCN1C(=O)[C@@]2(O[C@@H](CC(=O)N(CCO)Cc3ccccc3)[C@H]([Si](C)(C)F)[C@H]2C)c2cc(-n3[nH]c4ccccc4c3=O)ccc21. The van der Waals surface area contributed by atoms with E-state index < -0.39 is 31.6 Å². The highest BCUT2D eigenvalue weighted by Crippen LogP contribution is 2.60. The molecule has 51 heavy (non-hydrogen) atoms. The predicted octanol–water partition coefficient (Wildman–Crippen LogP) is 5.19. The number of hydrogen-bond donors (Lipinski definition) is 2. The Kier molecular flexibility index (Phi) is 10.3. The lowest BCUT2D eigenvalue weighted by Crippen LogP contribution is -2.45.